The first-order chi connectivity index (χ1) is 10.3. The highest BCUT2D eigenvalue weighted by atomic mass is 32.1. The fourth-order valence-electron chi connectivity index (χ4n) is 2.68. The number of carbonyl (C=O) groups excluding carboxylic acids is 2. The van der Waals surface area contributed by atoms with Crippen molar-refractivity contribution in [3.63, 3.8) is 0 Å². The zero-order chi connectivity index (χ0) is 14.7. The second-order valence-corrected chi connectivity index (χ2v) is 6.65. The van der Waals surface area contributed by atoms with E-state index in [9.17, 15) is 9.59 Å². The van der Waals surface area contributed by atoms with Crippen LogP contribution in [-0.2, 0) is 9.59 Å². The van der Waals surface area contributed by atoms with Crippen LogP contribution in [-0.4, -0.2) is 35.8 Å². The zero-order valence-electron chi connectivity index (χ0n) is 12.0. The molecule has 1 saturated heterocycles. The molecule has 0 radical (unpaired) electrons. The van der Waals surface area contributed by atoms with Gasteiger partial charge in [-0.15, -0.1) is 11.3 Å². The minimum Gasteiger partial charge on any atom is -0.316 e. The molecule has 1 atom stereocenters. The Hall–Kier alpha value is -1.46. The smallest absolute Gasteiger partial charge is 0.253 e. The van der Waals surface area contributed by atoms with Crippen LogP contribution in [0.3, 0.4) is 0 Å². The fraction of sp³-hybridized carbons (Fsp3) is 0.500. The Bertz CT molecular complexity index is 528. The minimum absolute atomic E-state index is 0.00512. The molecule has 0 aromatic carbocycles. The Kier molecular flexibility index (Phi) is 4.51. The van der Waals surface area contributed by atoms with Crippen LogP contribution in [0.4, 0.5) is 0 Å². The standard InChI is InChI=1S/C16H20N2O2S/c19-15(8-7-14-4-2-10-21-14)18(13-5-6-13)16(20)12-3-1-9-17-11-12/h2,4,7-8,10,12-13,17H,1,3,5-6,9,11H2/b8-7+. The third kappa shape index (κ3) is 3.60. The summed E-state index contributed by atoms with van der Waals surface area (Å²) in [5, 5.41) is 5.22. The number of nitrogens with zero attached hydrogens (tertiary/aromatic N) is 1. The Morgan fingerprint density at radius 1 is 1.33 bits per heavy atom. The molecule has 2 amide bonds. The number of nitrogens with one attached hydrogen (secondary N) is 1. The van der Waals surface area contributed by atoms with Gasteiger partial charge in [-0.3, -0.25) is 14.5 Å². The van der Waals surface area contributed by atoms with Gasteiger partial charge in [0.1, 0.15) is 0 Å². The summed E-state index contributed by atoms with van der Waals surface area (Å²) in [4.78, 5) is 27.6. The summed E-state index contributed by atoms with van der Waals surface area (Å²) in [6, 6.07) is 4.04. The number of hydrogen-bond donors (Lipinski definition) is 1. The van der Waals surface area contributed by atoms with E-state index in [4.69, 9.17) is 0 Å². The van der Waals surface area contributed by atoms with Gasteiger partial charge in [0.15, 0.2) is 0 Å². The van der Waals surface area contributed by atoms with E-state index in [1.807, 2.05) is 17.5 Å². The van der Waals surface area contributed by atoms with E-state index in [0.717, 1.165) is 37.1 Å². The van der Waals surface area contributed by atoms with Crippen molar-refractivity contribution >= 4 is 29.2 Å². The van der Waals surface area contributed by atoms with E-state index in [0.29, 0.717) is 6.54 Å². The molecule has 1 N–H and O–H groups in total. The lowest BCUT2D eigenvalue weighted by Crippen LogP contribution is -2.46. The van der Waals surface area contributed by atoms with Crippen LogP contribution >= 0.6 is 11.3 Å². The van der Waals surface area contributed by atoms with Gasteiger partial charge in [-0.1, -0.05) is 6.07 Å². The maximum atomic E-state index is 12.6. The largest absolute Gasteiger partial charge is 0.316 e. The molecule has 2 heterocycles. The second kappa shape index (κ2) is 6.54. The highest BCUT2D eigenvalue weighted by Gasteiger charge is 2.39. The Morgan fingerprint density at radius 3 is 2.81 bits per heavy atom. The average molecular weight is 304 g/mol. The molecular weight excluding hydrogens is 284 g/mol. The Labute approximate surface area is 128 Å². The molecule has 0 bridgehead atoms. The molecule has 3 rings (SSSR count). The summed E-state index contributed by atoms with van der Waals surface area (Å²) < 4.78 is 0. The van der Waals surface area contributed by atoms with Gasteiger partial charge in [0.25, 0.3) is 5.91 Å². The molecule has 5 heteroatoms. The molecule has 112 valence electrons. The topological polar surface area (TPSA) is 49.4 Å². The summed E-state index contributed by atoms with van der Waals surface area (Å²) in [6.45, 7) is 1.67. The van der Waals surface area contributed by atoms with E-state index in [1.165, 1.54) is 11.0 Å². The first-order valence-electron chi connectivity index (χ1n) is 7.55. The third-order valence-corrected chi connectivity index (χ3v) is 4.80. The van der Waals surface area contributed by atoms with E-state index in [-0.39, 0.29) is 23.8 Å². The summed E-state index contributed by atoms with van der Waals surface area (Å²) in [5.41, 5.74) is 0. The normalized spacial score (nSPS) is 22.4. The van der Waals surface area contributed by atoms with Gasteiger partial charge >= 0.3 is 0 Å². The average Bonchev–Trinajstić information content (AvgIpc) is 3.20. The van der Waals surface area contributed by atoms with Crippen LogP contribution in [0, 0.1) is 5.92 Å². The van der Waals surface area contributed by atoms with Crippen molar-refractivity contribution in [1.29, 1.82) is 0 Å². The van der Waals surface area contributed by atoms with E-state index >= 15 is 0 Å². The molecule has 1 unspecified atom stereocenters. The minimum atomic E-state index is -0.165. The molecule has 1 aliphatic carbocycles. The molecule has 4 nitrogen and oxygen atoms in total. The van der Waals surface area contributed by atoms with Crippen LogP contribution in [0.15, 0.2) is 23.6 Å². The SMILES string of the molecule is O=C(/C=C/c1cccs1)N(C(=O)C1CCCNC1)C1CC1. The monoisotopic (exact) mass is 304 g/mol. The van der Waals surface area contributed by atoms with Crippen LogP contribution in [0.5, 0.6) is 0 Å². The second-order valence-electron chi connectivity index (χ2n) is 5.67. The van der Waals surface area contributed by atoms with E-state index in [2.05, 4.69) is 5.32 Å². The molecule has 21 heavy (non-hydrogen) atoms. The molecule has 1 saturated carbocycles. The van der Waals surface area contributed by atoms with Crippen molar-refractivity contribution in [3.8, 4) is 0 Å². The third-order valence-electron chi connectivity index (χ3n) is 3.97. The quantitative estimate of drug-likeness (QED) is 0.868. The molecular formula is C16H20N2O2S. The van der Waals surface area contributed by atoms with Gasteiger partial charge in [0.05, 0.1) is 5.92 Å². The van der Waals surface area contributed by atoms with Crippen molar-refractivity contribution in [1.82, 2.24) is 10.2 Å². The molecule has 2 fully saturated rings. The summed E-state index contributed by atoms with van der Waals surface area (Å²) >= 11 is 1.58. The lowest BCUT2D eigenvalue weighted by Gasteiger charge is -2.27. The number of rotatable bonds is 4. The van der Waals surface area contributed by atoms with Gasteiger partial charge in [0, 0.05) is 23.5 Å². The maximum Gasteiger partial charge on any atom is 0.253 e. The predicted molar refractivity (Wildman–Crippen MR) is 83.8 cm³/mol. The van der Waals surface area contributed by atoms with E-state index in [1.54, 1.807) is 17.4 Å². The maximum absolute atomic E-state index is 12.6. The fourth-order valence-corrected chi connectivity index (χ4v) is 3.30. The lowest BCUT2D eigenvalue weighted by atomic mass is 9.98. The Balaban J connectivity index is 1.68. The number of piperidine rings is 1. The van der Waals surface area contributed by atoms with Crippen molar-refractivity contribution in [2.24, 2.45) is 5.92 Å². The van der Waals surface area contributed by atoms with Gasteiger partial charge in [-0.05, 0) is 49.8 Å². The van der Waals surface area contributed by atoms with Gasteiger partial charge < -0.3 is 5.32 Å². The number of thiophene rings is 1. The van der Waals surface area contributed by atoms with Gasteiger partial charge in [0.2, 0.25) is 5.91 Å². The van der Waals surface area contributed by atoms with Crippen LogP contribution < -0.4 is 5.32 Å². The molecule has 1 aromatic heterocycles. The molecule has 1 aliphatic heterocycles. The number of carbonyl (C=O) groups is 2. The summed E-state index contributed by atoms with van der Waals surface area (Å²) in [7, 11) is 0. The molecule has 2 aliphatic rings. The highest BCUT2D eigenvalue weighted by molar-refractivity contribution is 7.10. The summed E-state index contributed by atoms with van der Waals surface area (Å²) in [6.07, 6.45) is 7.13. The first kappa shape index (κ1) is 14.5. The van der Waals surface area contributed by atoms with Crippen LogP contribution in [0.1, 0.15) is 30.6 Å². The van der Waals surface area contributed by atoms with Crippen molar-refractivity contribution in [2.75, 3.05) is 13.1 Å². The first-order valence-corrected chi connectivity index (χ1v) is 8.43. The van der Waals surface area contributed by atoms with Crippen molar-refractivity contribution in [3.05, 3.63) is 28.5 Å². The molecule has 0 spiro atoms. The van der Waals surface area contributed by atoms with Gasteiger partial charge in [-0.25, -0.2) is 0 Å². The number of amides is 2. The highest BCUT2D eigenvalue weighted by Crippen LogP contribution is 2.29. The van der Waals surface area contributed by atoms with Crippen LogP contribution in [0.25, 0.3) is 6.08 Å². The molecule has 1 aromatic rings. The van der Waals surface area contributed by atoms with Crippen molar-refractivity contribution < 1.29 is 9.59 Å². The Morgan fingerprint density at radius 2 is 2.19 bits per heavy atom. The summed E-state index contributed by atoms with van der Waals surface area (Å²) in [5.74, 6) is -0.203. The van der Waals surface area contributed by atoms with E-state index < -0.39 is 0 Å². The number of hydrogen-bond acceptors (Lipinski definition) is 4. The van der Waals surface area contributed by atoms with Gasteiger partial charge in [-0.2, -0.15) is 0 Å². The zero-order valence-corrected chi connectivity index (χ0v) is 12.8. The number of imide groups is 1. The van der Waals surface area contributed by atoms with Crippen molar-refractivity contribution in [2.45, 2.75) is 31.7 Å². The lowest BCUT2D eigenvalue weighted by molar-refractivity contribution is -0.145. The van der Waals surface area contributed by atoms with Crippen LogP contribution in [0.2, 0.25) is 0 Å². The predicted octanol–water partition coefficient (Wildman–Crippen LogP) is 2.28.